The first kappa shape index (κ1) is 16.4. The van der Waals surface area contributed by atoms with Crippen LogP contribution in [0.2, 0.25) is 0 Å². The topological polar surface area (TPSA) is 72.8 Å². The van der Waals surface area contributed by atoms with E-state index in [1.807, 2.05) is 0 Å². The summed E-state index contributed by atoms with van der Waals surface area (Å²) < 4.78 is 5.24. The number of carbonyl (C=O) groups is 3. The minimum Gasteiger partial charge on any atom is -0.433 e. The molecule has 0 fully saturated rings. The van der Waals surface area contributed by atoms with E-state index in [9.17, 15) is 14.4 Å². The number of benzene rings is 2. The molecule has 5 nitrogen and oxygen atoms in total. The fourth-order valence-electron chi connectivity index (χ4n) is 2.34. The van der Waals surface area contributed by atoms with Gasteiger partial charge in [-0.1, -0.05) is 24.3 Å². The van der Waals surface area contributed by atoms with Crippen LogP contribution in [0.5, 0.6) is 0 Å². The maximum Gasteiger partial charge on any atom is 0.435 e. The van der Waals surface area contributed by atoms with Crippen LogP contribution in [0.1, 0.15) is 37.9 Å². The predicted octanol–water partition coefficient (Wildman–Crippen LogP) is 4.13. The quantitative estimate of drug-likeness (QED) is 0.767. The lowest BCUT2D eigenvalue weighted by Crippen LogP contribution is -2.12. The molecule has 120 valence electrons. The molecule has 3 rings (SSSR count). The van der Waals surface area contributed by atoms with Gasteiger partial charge in [0.25, 0.3) is 10.5 Å². The van der Waals surface area contributed by atoms with Gasteiger partial charge in [0.15, 0.2) is 6.10 Å². The van der Waals surface area contributed by atoms with Crippen LogP contribution in [0.3, 0.4) is 0 Å². The second-order valence-electron chi connectivity index (χ2n) is 5.01. The summed E-state index contributed by atoms with van der Waals surface area (Å²) in [7, 11) is 0. The Morgan fingerprint density at radius 1 is 0.875 bits per heavy atom. The third-order valence-electron chi connectivity index (χ3n) is 3.53. The molecule has 1 aliphatic rings. The Kier molecular flexibility index (Phi) is 4.46. The number of amides is 1. The molecule has 0 aromatic heterocycles. The fraction of sp³-hybridized carbons (Fsp3) is 0.0588. The second kappa shape index (κ2) is 6.55. The van der Waals surface area contributed by atoms with E-state index in [2.05, 4.69) is 4.99 Å². The number of nitrogens with zero attached hydrogens (tertiary/aromatic N) is 1. The summed E-state index contributed by atoms with van der Waals surface area (Å²) in [5.41, 5.74) is 2.38. The van der Waals surface area contributed by atoms with Gasteiger partial charge in [0.2, 0.25) is 0 Å². The average molecular weight is 362 g/mol. The van der Waals surface area contributed by atoms with Crippen molar-refractivity contribution in [2.45, 2.75) is 6.10 Å². The highest BCUT2D eigenvalue weighted by Gasteiger charge is 2.31. The van der Waals surface area contributed by atoms with E-state index in [4.69, 9.17) is 27.9 Å². The summed E-state index contributed by atoms with van der Waals surface area (Å²) in [5.74, 6) is 0. The molecule has 0 saturated heterocycles. The van der Waals surface area contributed by atoms with Gasteiger partial charge in [-0.05, 0) is 53.0 Å². The van der Waals surface area contributed by atoms with Gasteiger partial charge in [0.05, 0.1) is 0 Å². The van der Waals surface area contributed by atoms with Crippen molar-refractivity contribution in [1.82, 2.24) is 0 Å². The Labute approximate surface area is 146 Å². The average Bonchev–Trinajstić information content (AvgIpc) is 2.97. The largest absolute Gasteiger partial charge is 0.435 e. The molecular weight excluding hydrogens is 353 g/mol. The van der Waals surface area contributed by atoms with Gasteiger partial charge < -0.3 is 4.74 Å². The lowest BCUT2D eigenvalue weighted by Gasteiger charge is -2.13. The zero-order valence-corrected chi connectivity index (χ0v) is 13.5. The van der Waals surface area contributed by atoms with Gasteiger partial charge in [0.1, 0.15) is 5.71 Å². The van der Waals surface area contributed by atoms with Crippen LogP contribution in [0.4, 0.5) is 4.79 Å². The zero-order valence-electron chi connectivity index (χ0n) is 12.0. The van der Waals surface area contributed by atoms with Gasteiger partial charge in [-0.2, -0.15) is 4.99 Å². The van der Waals surface area contributed by atoms with Crippen molar-refractivity contribution in [3.63, 3.8) is 0 Å². The smallest absolute Gasteiger partial charge is 0.433 e. The summed E-state index contributed by atoms with van der Waals surface area (Å²) in [6, 6.07) is 12.7. The van der Waals surface area contributed by atoms with E-state index in [0.717, 1.165) is 0 Å². The van der Waals surface area contributed by atoms with Crippen LogP contribution >= 0.6 is 23.2 Å². The molecule has 0 aliphatic carbocycles. The molecule has 2 aromatic rings. The first-order chi connectivity index (χ1) is 11.5. The summed E-state index contributed by atoms with van der Waals surface area (Å²) in [4.78, 5) is 37.7. The van der Waals surface area contributed by atoms with Crippen LogP contribution in [0.25, 0.3) is 0 Å². The van der Waals surface area contributed by atoms with E-state index in [0.29, 0.717) is 28.0 Å². The van der Waals surface area contributed by atoms with E-state index in [1.54, 1.807) is 48.5 Å². The lowest BCUT2D eigenvalue weighted by atomic mass is 9.98. The van der Waals surface area contributed by atoms with Crippen LogP contribution < -0.4 is 0 Å². The van der Waals surface area contributed by atoms with Gasteiger partial charge >= 0.3 is 6.09 Å². The number of cyclic esters (lactones) is 1. The minimum atomic E-state index is -0.704. The molecule has 0 N–H and O–H groups in total. The monoisotopic (exact) mass is 361 g/mol. The van der Waals surface area contributed by atoms with Gasteiger partial charge in [-0.3, -0.25) is 9.59 Å². The molecule has 1 amide bonds. The van der Waals surface area contributed by atoms with E-state index >= 15 is 0 Å². The maximum atomic E-state index is 11.6. The van der Waals surface area contributed by atoms with Crippen molar-refractivity contribution in [3.8, 4) is 0 Å². The van der Waals surface area contributed by atoms with Gasteiger partial charge in [-0.15, -0.1) is 0 Å². The third kappa shape index (κ3) is 3.22. The van der Waals surface area contributed by atoms with Crippen molar-refractivity contribution in [1.29, 1.82) is 0 Å². The molecule has 1 unspecified atom stereocenters. The summed E-state index contributed by atoms with van der Waals surface area (Å²) in [6.45, 7) is 0. The van der Waals surface area contributed by atoms with Crippen LogP contribution in [-0.4, -0.2) is 22.3 Å². The molecule has 7 heteroatoms. The number of hydrogen-bond acceptors (Lipinski definition) is 4. The maximum absolute atomic E-state index is 11.6. The van der Waals surface area contributed by atoms with Crippen molar-refractivity contribution in [2.24, 2.45) is 4.99 Å². The molecule has 0 radical (unpaired) electrons. The molecule has 0 bridgehead atoms. The van der Waals surface area contributed by atoms with Crippen LogP contribution in [0.15, 0.2) is 53.5 Å². The summed E-state index contributed by atoms with van der Waals surface area (Å²) >= 11 is 10.8. The highest BCUT2D eigenvalue weighted by Crippen LogP contribution is 2.29. The lowest BCUT2D eigenvalue weighted by molar-refractivity contribution is 0.107. The molecular formula is C17H9Cl2NO4. The highest BCUT2D eigenvalue weighted by molar-refractivity contribution is 6.68. The Morgan fingerprint density at radius 2 is 1.38 bits per heavy atom. The number of ether oxygens (including phenoxy) is 1. The van der Waals surface area contributed by atoms with Gasteiger partial charge in [0, 0.05) is 16.7 Å². The van der Waals surface area contributed by atoms with Crippen LogP contribution in [0, 0.1) is 0 Å². The second-order valence-corrected chi connectivity index (χ2v) is 5.69. The van der Waals surface area contributed by atoms with Crippen molar-refractivity contribution < 1.29 is 19.1 Å². The van der Waals surface area contributed by atoms with E-state index in [1.165, 1.54) is 0 Å². The first-order valence-corrected chi connectivity index (χ1v) is 7.60. The normalized spacial score (nSPS) is 16.5. The summed E-state index contributed by atoms with van der Waals surface area (Å²) in [5, 5.41) is -1.14. The number of aliphatic imine (C=N–C) groups is 1. The molecule has 24 heavy (non-hydrogen) atoms. The zero-order chi connectivity index (χ0) is 17.3. The number of halogens is 2. The number of hydrogen-bond donors (Lipinski definition) is 0. The SMILES string of the molecule is O=C1N=C(c2ccc(C(=O)Cl)cc2)C(c2ccc(C(=O)Cl)cc2)O1. The van der Waals surface area contributed by atoms with Crippen molar-refractivity contribution >= 4 is 45.5 Å². The van der Waals surface area contributed by atoms with E-state index < -0.39 is 22.7 Å². The molecule has 1 heterocycles. The highest BCUT2D eigenvalue weighted by atomic mass is 35.5. The summed E-state index contributed by atoms with van der Waals surface area (Å²) in [6.07, 6.45) is -1.40. The Hall–Kier alpha value is -2.50. The molecule has 1 atom stereocenters. The number of rotatable bonds is 4. The Balaban J connectivity index is 1.93. The number of carbonyl (C=O) groups excluding carboxylic acids is 3. The van der Waals surface area contributed by atoms with E-state index in [-0.39, 0.29) is 0 Å². The third-order valence-corrected chi connectivity index (χ3v) is 3.96. The standard InChI is InChI=1S/C17H9Cl2NO4/c18-15(21)11-5-1-9(2-6-11)13-14(24-17(23)20-13)10-3-7-12(8-4-10)16(19)22/h1-8,14H. The Bertz CT molecular complexity index is 857. The Morgan fingerprint density at radius 3 is 1.88 bits per heavy atom. The molecule has 0 saturated carbocycles. The molecule has 1 aliphatic heterocycles. The molecule has 0 spiro atoms. The fourth-order valence-corrected chi connectivity index (χ4v) is 2.59. The predicted molar refractivity (Wildman–Crippen MR) is 89.0 cm³/mol. The van der Waals surface area contributed by atoms with Crippen LogP contribution in [-0.2, 0) is 4.74 Å². The minimum absolute atomic E-state index is 0.341. The van der Waals surface area contributed by atoms with Crippen molar-refractivity contribution in [2.75, 3.05) is 0 Å². The van der Waals surface area contributed by atoms with Crippen molar-refractivity contribution in [3.05, 3.63) is 70.8 Å². The van der Waals surface area contributed by atoms with Gasteiger partial charge in [-0.25, -0.2) is 4.79 Å². The first-order valence-electron chi connectivity index (χ1n) is 6.85. The molecule has 2 aromatic carbocycles.